The summed E-state index contributed by atoms with van der Waals surface area (Å²) in [6, 6.07) is 3.46. The number of hydrogen-bond acceptors (Lipinski definition) is 6. The van der Waals surface area contributed by atoms with Crippen molar-refractivity contribution in [2.75, 3.05) is 17.7 Å². The molecule has 2 aromatic rings. The summed E-state index contributed by atoms with van der Waals surface area (Å²) in [7, 11) is 0. The molecule has 6 nitrogen and oxygen atoms in total. The van der Waals surface area contributed by atoms with Gasteiger partial charge in [0.1, 0.15) is 11.5 Å². The molecule has 0 fully saturated rings. The molecule has 20 heavy (non-hydrogen) atoms. The van der Waals surface area contributed by atoms with Crippen LogP contribution in [0.2, 0.25) is 0 Å². The van der Waals surface area contributed by atoms with E-state index in [-0.39, 0.29) is 12.5 Å². The molecule has 1 aromatic heterocycles. The standard InChI is InChI=1S/C13H13N3O3S/c1-6-7(2)19-13(15-6)20-11-4-9-10(3-8(11)14)18-5-12(17)16-9/h3-4H,5,14H2,1-2H3,(H,16,17). The summed E-state index contributed by atoms with van der Waals surface area (Å²) in [5, 5.41) is 3.27. The highest BCUT2D eigenvalue weighted by Crippen LogP contribution is 2.39. The van der Waals surface area contributed by atoms with E-state index in [1.54, 1.807) is 12.1 Å². The quantitative estimate of drug-likeness (QED) is 0.825. The Bertz CT molecular complexity index is 677. The fraction of sp³-hybridized carbons (Fsp3) is 0.231. The second-order valence-corrected chi connectivity index (χ2v) is 5.44. The molecular weight excluding hydrogens is 278 g/mol. The minimum absolute atomic E-state index is 0.0110. The van der Waals surface area contributed by atoms with E-state index in [9.17, 15) is 4.79 Å². The van der Waals surface area contributed by atoms with Gasteiger partial charge >= 0.3 is 0 Å². The van der Waals surface area contributed by atoms with Crippen LogP contribution in [-0.4, -0.2) is 17.5 Å². The van der Waals surface area contributed by atoms with Gasteiger partial charge in [-0.05, 0) is 31.7 Å². The van der Waals surface area contributed by atoms with Crippen LogP contribution in [0.1, 0.15) is 11.5 Å². The summed E-state index contributed by atoms with van der Waals surface area (Å²) in [4.78, 5) is 16.4. The Kier molecular flexibility index (Phi) is 3.06. The van der Waals surface area contributed by atoms with Gasteiger partial charge in [0.05, 0.1) is 11.4 Å². The van der Waals surface area contributed by atoms with Crippen LogP contribution in [0.3, 0.4) is 0 Å². The number of carbonyl (C=O) groups is 1. The van der Waals surface area contributed by atoms with E-state index >= 15 is 0 Å². The zero-order valence-electron chi connectivity index (χ0n) is 11.0. The number of hydrogen-bond donors (Lipinski definition) is 2. The summed E-state index contributed by atoms with van der Waals surface area (Å²) in [6.45, 7) is 3.75. The Morgan fingerprint density at radius 3 is 2.90 bits per heavy atom. The fourth-order valence-electron chi connectivity index (χ4n) is 1.79. The summed E-state index contributed by atoms with van der Waals surface area (Å²) in [5.41, 5.74) is 8.00. The molecule has 7 heteroatoms. The first kappa shape index (κ1) is 12.9. The Morgan fingerprint density at radius 1 is 1.40 bits per heavy atom. The van der Waals surface area contributed by atoms with Gasteiger partial charge in [-0.25, -0.2) is 4.98 Å². The van der Waals surface area contributed by atoms with Crippen molar-refractivity contribution in [3.63, 3.8) is 0 Å². The largest absolute Gasteiger partial charge is 0.482 e. The summed E-state index contributed by atoms with van der Waals surface area (Å²) >= 11 is 1.31. The Labute approximate surface area is 119 Å². The number of aromatic nitrogens is 1. The zero-order valence-corrected chi connectivity index (χ0v) is 11.8. The van der Waals surface area contributed by atoms with Crippen LogP contribution in [0.4, 0.5) is 11.4 Å². The Morgan fingerprint density at radius 2 is 2.20 bits per heavy atom. The molecule has 3 N–H and O–H groups in total. The van der Waals surface area contributed by atoms with Crippen molar-refractivity contribution in [2.45, 2.75) is 24.0 Å². The average molecular weight is 291 g/mol. The predicted molar refractivity (Wildman–Crippen MR) is 75.1 cm³/mol. The van der Waals surface area contributed by atoms with Crippen molar-refractivity contribution >= 4 is 29.0 Å². The van der Waals surface area contributed by atoms with E-state index in [1.807, 2.05) is 13.8 Å². The van der Waals surface area contributed by atoms with Crippen LogP contribution in [0.5, 0.6) is 5.75 Å². The number of nitrogen functional groups attached to an aromatic ring is 1. The Hall–Kier alpha value is -2.15. The minimum atomic E-state index is -0.180. The first-order valence-corrected chi connectivity index (χ1v) is 6.82. The molecule has 1 aliphatic heterocycles. The third kappa shape index (κ3) is 2.32. The van der Waals surface area contributed by atoms with Gasteiger partial charge in [0.15, 0.2) is 6.61 Å². The highest BCUT2D eigenvalue weighted by Gasteiger charge is 2.19. The molecule has 1 aliphatic rings. The minimum Gasteiger partial charge on any atom is -0.482 e. The SMILES string of the molecule is Cc1nc(Sc2cc3c(cc2N)OCC(=O)N3)oc1C. The number of ether oxygens (including phenoxy) is 1. The Balaban J connectivity index is 1.93. The van der Waals surface area contributed by atoms with Crippen LogP contribution < -0.4 is 15.8 Å². The lowest BCUT2D eigenvalue weighted by molar-refractivity contribution is -0.118. The van der Waals surface area contributed by atoms with Crippen molar-refractivity contribution in [3.8, 4) is 5.75 Å². The summed E-state index contributed by atoms with van der Waals surface area (Å²) in [6.07, 6.45) is 0. The van der Waals surface area contributed by atoms with Gasteiger partial charge in [0, 0.05) is 16.6 Å². The smallest absolute Gasteiger partial charge is 0.262 e. The molecule has 0 saturated carbocycles. The van der Waals surface area contributed by atoms with Gasteiger partial charge in [-0.15, -0.1) is 0 Å². The molecule has 0 bridgehead atoms. The molecule has 0 saturated heterocycles. The maximum absolute atomic E-state index is 11.3. The van der Waals surface area contributed by atoms with Crippen molar-refractivity contribution in [2.24, 2.45) is 0 Å². The van der Waals surface area contributed by atoms with Gasteiger partial charge in [0.2, 0.25) is 0 Å². The molecule has 0 spiro atoms. The van der Waals surface area contributed by atoms with E-state index in [4.69, 9.17) is 14.9 Å². The predicted octanol–water partition coefficient (Wildman–Crippen LogP) is 2.36. The third-order valence-corrected chi connectivity index (χ3v) is 3.87. The number of benzene rings is 1. The lowest BCUT2D eigenvalue weighted by Crippen LogP contribution is -2.25. The molecule has 104 valence electrons. The van der Waals surface area contributed by atoms with Crippen LogP contribution in [0.25, 0.3) is 0 Å². The van der Waals surface area contributed by atoms with E-state index in [0.29, 0.717) is 22.3 Å². The first-order valence-electron chi connectivity index (χ1n) is 6.01. The number of rotatable bonds is 2. The highest BCUT2D eigenvalue weighted by atomic mass is 32.2. The molecule has 2 heterocycles. The van der Waals surface area contributed by atoms with Crippen molar-refractivity contribution in [1.29, 1.82) is 0 Å². The lowest BCUT2D eigenvalue weighted by atomic mass is 10.2. The topological polar surface area (TPSA) is 90.4 Å². The monoisotopic (exact) mass is 291 g/mol. The third-order valence-electron chi connectivity index (χ3n) is 2.95. The van der Waals surface area contributed by atoms with E-state index < -0.39 is 0 Å². The maximum Gasteiger partial charge on any atom is 0.262 e. The van der Waals surface area contributed by atoms with Crippen molar-refractivity contribution < 1.29 is 13.9 Å². The molecular formula is C13H13N3O3S. The average Bonchev–Trinajstić information content (AvgIpc) is 2.70. The number of carbonyl (C=O) groups excluding carboxylic acids is 1. The van der Waals surface area contributed by atoms with Crippen LogP contribution in [0.15, 0.2) is 26.7 Å². The van der Waals surface area contributed by atoms with Crippen LogP contribution in [0, 0.1) is 13.8 Å². The van der Waals surface area contributed by atoms with E-state index in [1.165, 1.54) is 11.8 Å². The molecule has 0 radical (unpaired) electrons. The van der Waals surface area contributed by atoms with Crippen molar-refractivity contribution in [1.82, 2.24) is 4.98 Å². The molecule has 0 atom stereocenters. The van der Waals surface area contributed by atoms with E-state index in [2.05, 4.69) is 10.3 Å². The number of fused-ring (bicyclic) bond motifs is 1. The highest BCUT2D eigenvalue weighted by molar-refractivity contribution is 7.99. The number of nitrogens with zero attached hydrogens (tertiary/aromatic N) is 1. The van der Waals surface area contributed by atoms with Gasteiger partial charge < -0.3 is 20.2 Å². The number of amides is 1. The van der Waals surface area contributed by atoms with Gasteiger partial charge in [0.25, 0.3) is 11.1 Å². The van der Waals surface area contributed by atoms with Gasteiger partial charge in [-0.1, -0.05) is 0 Å². The lowest BCUT2D eigenvalue weighted by Gasteiger charge is -2.19. The summed E-state index contributed by atoms with van der Waals surface area (Å²) < 4.78 is 10.8. The number of oxazole rings is 1. The maximum atomic E-state index is 11.3. The van der Waals surface area contributed by atoms with Crippen molar-refractivity contribution in [3.05, 3.63) is 23.6 Å². The number of nitrogens with one attached hydrogen (secondary N) is 1. The van der Waals surface area contributed by atoms with E-state index in [0.717, 1.165) is 16.3 Å². The fourth-order valence-corrected chi connectivity index (χ4v) is 2.68. The molecule has 1 amide bonds. The van der Waals surface area contributed by atoms with Gasteiger partial charge in [-0.3, -0.25) is 4.79 Å². The zero-order chi connectivity index (χ0) is 14.3. The first-order chi connectivity index (χ1) is 9.52. The number of aryl methyl sites for hydroxylation is 2. The van der Waals surface area contributed by atoms with Crippen LogP contribution >= 0.6 is 11.8 Å². The number of nitrogens with two attached hydrogens (primary N) is 1. The molecule has 3 rings (SSSR count). The second kappa shape index (κ2) is 4.75. The summed E-state index contributed by atoms with van der Waals surface area (Å²) in [5.74, 6) is 1.17. The normalized spacial score (nSPS) is 13.6. The molecule has 1 aromatic carbocycles. The van der Waals surface area contributed by atoms with Crippen LogP contribution in [-0.2, 0) is 4.79 Å². The second-order valence-electron chi connectivity index (χ2n) is 4.45. The van der Waals surface area contributed by atoms with Gasteiger partial charge in [-0.2, -0.15) is 0 Å². The number of anilines is 2. The molecule has 0 aliphatic carbocycles. The molecule has 0 unspecified atom stereocenters.